The Hall–Kier alpha value is -3.66. The summed E-state index contributed by atoms with van der Waals surface area (Å²) in [6.45, 7) is 0. The van der Waals surface area contributed by atoms with Crippen LogP contribution in [0.3, 0.4) is 0 Å². The zero-order valence-electron chi connectivity index (χ0n) is 13.7. The van der Waals surface area contributed by atoms with Crippen LogP contribution < -0.4 is 10.2 Å². The molecule has 0 fully saturated rings. The first-order chi connectivity index (χ1) is 12.7. The minimum absolute atomic E-state index is 0.195. The molecule has 0 bridgehead atoms. The number of rotatable bonds is 4. The Kier molecular flexibility index (Phi) is 4.07. The van der Waals surface area contributed by atoms with Gasteiger partial charge in [-0.25, -0.2) is 0 Å². The molecular weight excluding hydrogens is 328 g/mol. The minimum atomic E-state index is -0.195. The molecule has 0 radical (unpaired) electrons. The van der Waals surface area contributed by atoms with Crippen molar-refractivity contribution in [2.75, 3.05) is 0 Å². The molecule has 3 aromatic carbocycles. The van der Waals surface area contributed by atoms with Crippen molar-refractivity contribution >= 4 is 17.3 Å². The van der Waals surface area contributed by atoms with E-state index in [2.05, 4.69) is 0 Å². The summed E-state index contributed by atoms with van der Waals surface area (Å²) in [5, 5.41) is 0.384. The molecule has 0 amide bonds. The SMILES string of the molecule is O=Cc1ccc2oc(-c3cccc(Oc4ccccc4)c3)cc(=O)c2c1. The van der Waals surface area contributed by atoms with E-state index >= 15 is 0 Å². The molecule has 1 heterocycles. The van der Waals surface area contributed by atoms with Gasteiger partial charge < -0.3 is 9.15 Å². The predicted molar refractivity (Wildman–Crippen MR) is 99.8 cm³/mol. The summed E-state index contributed by atoms with van der Waals surface area (Å²) in [6, 6.07) is 23.0. The highest BCUT2D eigenvalue weighted by Crippen LogP contribution is 2.28. The zero-order valence-corrected chi connectivity index (χ0v) is 13.7. The van der Waals surface area contributed by atoms with Crippen LogP contribution >= 0.6 is 0 Å². The molecule has 0 spiro atoms. The highest BCUT2D eigenvalue weighted by Gasteiger charge is 2.09. The zero-order chi connectivity index (χ0) is 17.9. The molecule has 4 nitrogen and oxygen atoms in total. The summed E-state index contributed by atoms with van der Waals surface area (Å²) in [5.41, 5.74) is 1.42. The van der Waals surface area contributed by atoms with Gasteiger partial charge in [0.15, 0.2) is 5.43 Å². The van der Waals surface area contributed by atoms with Crippen LogP contribution in [-0.2, 0) is 0 Å². The van der Waals surface area contributed by atoms with Crippen LogP contribution in [0.25, 0.3) is 22.3 Å². The summed E-state index contributed by atoms with van der Waals surface area (Å²) in [7, 11) is 0. The summed E-state index contributed by atoms with van der Waals surface area (Å²) < 4.78 is 11.7. The molecule has 0 aliphatic heterocycles. The largest absolute Gasteiger partial charge is 0.457 e. The smallest absolute Gasteiger partial charge is 0.193 e. The predicted octanol–water partition coefficient (Wildman–Crippen LogP) is 5.06. The minimum Gasteiger partial charge on any atom is -0.457 e. The van der Waals surface area contributed by atoms with Gasteiger partial charge in [0.1, 0.15) is 29.1 Å². The Bertz CT molecular complexity index is 1140. The fourth-order valence-corrected chi connectivity index (χ4v) is 2.73. The number of para-hydroxylation sites is 1. The van der Waals surface area contributed by atoms with Crippen molar-refractivity contribution in [2.45, 2.75) is 0 Å². The van der Waals surface area contributed by atoms with E-state index in [9.17, 15) is 9.59 Å². The lowest BCUT2D eigenvalue weighted by atomic mass is 10.1. The number of carbonyl (C=O) groups is 1. The quantitative estimate of drug-likeness (QED) is 0.486. The number of benzene rings is 3. The Morgan fingerprint density at radius 2 is 1.62 bits per heavy atom. The summed E-state index contributed by atoms with van der Waals surface area (Å²) in [5.74, 6) is 1.82. The van der Waals surface area contributed by atoms with E-state index in [-0.39, 0.29) is 5.43 Å². The Balaban J connectivity index is 1.74. The topological polar surface area (TPSA) is 56.5 Å². The Morgan fingerprint density at radius 1 is 0.808 bits per heavy atom. The van der Waals surface area contributed by atoms with E-state index in [1.807, 2.05) is 54.6 Å². The van der Waals surface area contributed by atoms with E-state index in [1.165, 1.54) is 12.1 Å². The van der Waals surface area contributed by atoms with Crippen molar-refractivity contribution in [2.24, 2.45) is 0 Å². The molecule has 0 N–H and O–H groups in total. The van der Waals surface area contributed by atoms with Crippen LogP contribution in [0.4, 0.5) is 0 Å². The third-order valence-corrected chi connectivity index (χ3v) is 3.98. The first-order valence-corrected chi connectivity index (χ1v) is 8.09. The maximum absolute atomic E-state index is 12.4. The van der Waals surface area contributed by atoms with Crippen LogP contribution in [0, 0.1) is 0 Å². The average Bonchev–Trinajstić information content (AvgIpc) is 2.69. The second kappa shape index (κ2) is 6.69. The molecule has 4 aromatic rings. The fourth-order valence-electron chi connectivity index (χ4n) is 2.73. The standard InChI is InChI=1S/C22H14O4/c23-14-15-9-10-21-19(11-15)20(24)13-22(26-21)16-5-4-8-18(12-16)25-17-6-2-1-3-7-17/h1-14H. The molecule has 0 atom stereocenters. The van der Waals surface area contributed by atoms with Crippen molar-refractivity contribution in [3.05, 3.63) is 94.6 Å². The van der Waals surface area contributed by atoms with Gasteiger partial charge in [-0.3, -0.25) is 9.59 Å². The molecule has 0 aliphatic rings. The van der Waals surface area contributed by atoms with Gasteiger partial charge >= 0.3 is 0 Å². The van der Waals surface area contributed by atoms with Crippen molar-refractivity contribution in [1.82, 2.24) is 0 Å². The first kappa shape index (κ1) is 15.8. The van der Waals surface area contributed by atoms with E-state index in [1.54, 1.807) is 12.1 Å². The summed E-state index contributed by atoms with van der Waals surface area (Å²) >= 11 is 0. The monoisotopic (exact) mass is 342 g/mol. The molecule has 126 valence electrons. The van der Waals surface area contributed by atoms with E-state index < -0.39 is 0 Å². The number of ether oxygens (including phenoxy) is 1. The van der Waals surface area contributed by atoms with E-state index in [4.69, 9.17) is 9.15 Å². The first-order valence-electron chi connectivity index (χ1n) is 8.09. The summed E-state index contributed by atoms with van der Waals surface area (Å²) in [4.78, 5) is 23.3. The van der Waals surface area contributed by atoms with Crippen LogP contribution in [0.1, 0.15) is 10.4 Å². The van der Waals surface area contributed by atoms with Gasteiger partial charge in [0.2, 0.25) is 0 Å². The highest BCUT2D eigenvalue weighted by atomic mass is 16.5. The fraction of sp³-hybridized carbons (Fsp3) is 0. The number of fused-ring (bicyclic) bond motifs is 1. The van der Waals surface area contributed by atoms with Gasteiger partial charge in [-0.05, 0) is 42.5 Å². The number of carbonyl (C=O) groups excluding carboxylic acids is 1. The lowest BCUT2D eigenvalue weighted by Crippen LogP contribution is -2.01. The molecule has 4 rings (SSSR count). The van der Waals surface area contributed by atoms with E-state index in [0.29, 0.717) is 34.3 Å². The van der Waals surface area contributed by atoms with Gasteiger partial charge in [0.05, 0.1) is 5.39 Å². The van der Waals surface area contributed by atoms with Crippen molar-refractivity contribution in [3.8, 4) is 22.8 Å². The third-order valence-electron chi connectivity index (χ3n) is 3.98. The Labute approximate surface area is 149 Å². The molecule has 0 saturated carbocycles. The molecule has 26 heavy (non-hydrogen) atoms. The van der Waals surface area contributed by atoms with Crippen LogP contribution in [0.5, 0.6) is 11.5 Å². The normalized spacial score (nSPS) is 10.6. The number of aldehydes is 1. The van der Waals surface area contributed by atoms with Crippen molar-refractivity contribution < 1.29 is 13.9 Å². The van der Waals surface area contributed by atoms with Gasteiger partial charge in [-0.15, -0.1) is 0 Å². The van der Waals surface area contributed by atoms with Crippen molar-refractivity contribution in [1.29, 1.82) is 0 Å². The van der Waals surface area contributed by atoms with Crippen LogP contribution in [0.15, 0.2) is 88.1 Å². The molecule has 0 aliphatic carbocycles. The number of hydrogen-bond acceptors (Lipinski definition) is 4. The third kappa shape index (κ3) is 3.13. The van der Waals surface area contributed by atoms with Gasteiger partial charge in [0, 0.05) is 17.2 Å². The second-order valence-electron chi connectivity index (χ2n) is 5.79. The summed E-state index contributed by atoms with van der Waals surface area (Å²) in [6.07, 6.45) is 0.706. The Morgan fingerprint density at radius 3 is 2.42 bits per heavy atom. The van der Waals surface area contributed by atoms with Gasteiger partial charge in [-0.1, -0.05) is 30.3 Å². The molecule has 0 saturated heterocycles. The second-order valence-corrected chi connectivity index (χ2v) is 5.79. The molecule has 4 heteroatoms. The van der Waals surface area contributed by atoms with E-state index in [0.717, 1.165) is 11.3 Å². The number of hydrogen-bond donors (Lipinski definition) is 0. The van der Waals surface area contributed by atoms with Crippen molar-refractivity contribution in [3.63, 3.8) is 0 Å². The maximum Gasteiger partial charge on any atom is 0.193 e. The van der Waals surface area contributed by atoms with Crippen LogP contribution in [0.2, 0.25) is 0 Å². The lowest BCUT2D eigenvalue weighted by Gasteiger charge is -2.08. The average molecular weight is 342 g/mol. The lowest BCUT2D eigenvalue weighted by molar-refractivity contribution is 0.112. The maximum atomic E-state index is 12.4. The molecule has 1 aromatic heterocycles. The van der Waals surface area contributed by atoms with Gasteiger partial charge in [-0.2, -0.15) is 0 Å². The van der Waals surface area contributed by atoms with Crippen LogP contribution in [-0.4, -0.2) is 6.29 Å². The highest BCUT2D eigenvalue weighted by molar-refractivity contribution is 5.86. The molecule has 0 unspecified atom stereocenters. The molecular formula is C22H14O4. The van der Waals surface area contributed by atoms with Gasteiger partial charge in [0.25, 0.3) is 0 Å².